The predicted octanol–water partition coefficient (Wildman–Crippen LogP) is 2.81. The van der Waals surface area contributed by atoms with Crippen LogP contribution in [0.15, 0.2) is 36.7 Å². The van der Waals surface area contributed by atoms with Gasteiger partial charge in [-0.2, -0.15) is 0 Å². The van der Waals surface area contributed by atoms with Gasteiger partial charge in [-0.05, 0) is 42.5 Å². The number of aryl methyl sites for hydroxylation is 2. The maximum atomic E-state index is 12.4. The van der Waals surface area contributed by atoms with E-state index >= 15 is 0 Å². The Labute approximate surface area is 112 Å². The average Bonchev–Trinajstić information content (AvgIpc) is 2.94. The largest absolute Gasteiger partial charge is 0.495 e. The summed E-state index contributed by atoms with van der Waals surface area (Å²) in [6, 6.07) is 7.72. The topological polar surface area (TPSA) is 39.2 Å². The molecule has 0 saturated carbocycles. The Hall–Kier alpha value is -2.16. The third-order valence-electron chi connectivity index (χ3n) is 3.57. The number of fused-ring (bicyclic) bond motifs is 1. The molecule has 3 nitrogen and oxygen atoms in total. The summed E-state index contributed by atoms with van der Waals surface area (Å²) in [5.41, 5.74) is 3.98. The number of ketones is 1. The minimum atomic E-state index is 0.00102. The molecule has 3 rings (SSSR count). The molecule has 1 aliphatic rings. The summed E-state index contributed by atoms with van der Waals surface area (Å²) in [6.07, 6.45) is 6.57. The van der Waals surface area contributed by atoms with E-state index in [-0.39, 0.29) is 5.78 Å². The Balaban J connectivity index is 1.95. The lowest BCUT2D eigenvalue weighted by Gasteiger charge is -2.05. The van der Waals surface area contributed by atoms with Crippen LogP contribution >= 0.6 is 0 Å². The van der Waals surface area contributed by atoms with Crippen LogP contribution in [-0.4, -0.2) is 17.9 Å². The number of rotatable bonds is 3. The summed E-state index contributed by atoms with van der Waals surface area (Å²) in [7, 11) is 1.57. The van der Waals surface area contributed by atoms with Crippen molar-refractivity contribution >= 4 is 5.78 Å². The van der Waals surface area contributed by atoms with Crippen LogP contribution in [0, 0.1) is 0 Å². The number of carbonyl (C=O) groups excluding carboxylic acids is 1. The Morgan fingerprint density at radius 2 is 1.95 bits per heavy atom. The maximum Gasteiger partial charge on any atom is 0.194 e. The second kappa shape index (κ2) is 4.84. The van der Waals surface area contributed by atoms with E-state index in [4.69, 9.17) is 4.74 Å². The molecular weight excluding hydrogens is 238 g/mol. The van der Waals surface area contributed by atoms with Crippen LogP contribution in [0.4, 0.5) is 0 Å². The fourth-order valence-corrected chi connectivity index (χ4v) is 2.53. The standard InChI is InChI=1S/C16H15NO2/c1-19-15-8-14(9-17-10-15)16(18)13-6-5-11-3-2-4-12(11)7-13/h5-10H,2-4H2,1H3. The first-order valence-corrected chi connectivity index (χ1v) is 6.43. The SMILES string of the molecule is COc1cncc(C(=O)c2ccc3c(c2)CCC3)c1. The molecule has 0 unspecified atom stereocenters. The lowest BCUT2D eigenvalue weighted by molar-refractivity contribution is 0.103. The van der Waals surface area contributed by atoms with Crippen LogP contribution in [0.1, 0.15) is 33.5 Å². The molecular formula is C16H15NO2. The third kappa shape index (κ3) is 2.24. The number of benzene rings is 1. The molecule has 19 heavy (non-hydrogen) atoms. The van der Waals surface area contributed by atoms with Crippen LogP contribution in [0.2, 0.25) is 0 Å². The van der Waals surface area contributed by atoms with E-state index in [9.17, 15) is 4.79 Å². The zero-order valence-corrected chi connectivity index (χ0v) is 10.8. The van der Waals surface area contributed by atoms with Gasteiger partial charge >= 0.3 is 0 Å². The van der Waals surface area contributed by atoms with Crippen molar-refractivity contribution in [3.63, 3.8) is 0 Å². The Morgan fingerprint density at radius 3 is 2.79 bits per heavy atom. The smallest absolute Gasteiger partial charge is 0.194 e. The van der Waals surface area contributed by atoms with Gasteiger partial charge in [0.05, 0.1) is 13.3 Å². The number of methoxy groups -OCH3 is 1. The summed E-state index contributed by atoms with van der Waals surface area (Å²) in [5, 5.41) is 0. The number of aromatic nitrogens is 1. The predicted molar refractivity (Wildman–Crippen MR) is 72.7 cm³/mol. The van der Waals surface area contributed by atoms with Gasteiger partial charge in [-0.15, -0.1) is 0 Å². The number of ether oxygens (including phenoxy) is 1. The maximum absolute atomic E-state index is 12.4. The van der Waals surface area contributed by atoms with Crippen molar-refractivity contribution in [3.05, 3.63) is 58.9 Å². The molecule has 1 aromatic heterocycles. The first kappa shape index (κ1) is 11.9. The molecule has 1 aliphatic carbocycles. The first-order chi connectivity index (χ1) is 9.28. The molecule has 1 heterocycles. The van der Waals surface area contributed by atoms with E-state index in [1.165, 1.54) is 17.5 Å². The molecule has 0 radical (unpaired) electrons. The summed E-state index contributed by atoms with van der Waals surface area (Å²) in [5.74, 6) is 0.605. The molecule has 0 bridgehead atoms. The molecule has 1 aromatic carbocycles. The Morgan fingerprint density at radius 1 is 1.11 bits per heavy atom. The second-order valence-corrected chi connectivity index (χ2v) is 4.78. The number of hydrogen-bond acceptors (Lipinski definition) is 3. The van der Waals surface area contributed by atoms with Gasteiger partial charge < -0.3 is 4.74 Å². The summed E-state index contributed by atoms with van der Waals surface area (Å²) in [6.45, 7) is 0. The van der Waals surface area contributed by atoms with Gasteiger partial charge in [0.15, 0.2) is 5.78 Å². The van der Waals surface area contributed by atoms with E-state index in [0.29, 0.717) is 11.3 Å². The normalized spacial score (nSPS) is 13.1. The fraction of sp³-hybridized carbons (Fsp3) is 0.250. The highest BCUT2D eigenvalue weighted by atomic mass is 16.5. The Kier molecular flexibility index (Phi) is 3.03. The van der Waals surface area contributed by atoms with Crippen LogP contribution < -0.4 is 4.74 Å². The van der Waals surface area contributed by atoms with Crippen molar-refractivity contribution in [3.8, 4) is 5.75 Å². The fourth-order valence-electron chi connectivity index (χ4n) is 2.53. The zero-order valence-electron chi connectivity index (χ0n) is 10.8. The van der Waals surface area contributed by atoms with Crippen molar-refractivity contribution in [2.45, 2.75) is 19.3 Å². The molecule has 3 heteroatoms. The van der Waals surface area contributed by atoms with Gasteiger partial charge in [-0.1, -0.05) is 12.1 Å². The molecule has 2 aromatic rings. The minimum Gasteiger partial charge on any atom is -0.495 e. The number of hydrogen-bond donors (Lipinski definition) is 0. The zero-order chi connectivity index (χ0) is 13.2. The van der Waals surface area contributed by atoms with Crippen molar-refractivity contribution in [1.82, 2.24) is 4.98 Å². The lowest BCUT2D eigenvalue weighted by atomic mass is 10.0. The van der Waals surface area contributed by atoms with Crippen molar-refractivity contribution in [2.24, 2.45) is 0 Å². The number of pyridine rings is 1. The molecule has 0 fully saturated rings. The van der Waals surface area contributed by atoms with Crippen molar-refractivity contribution in [2.75, 3.05) is 7.11 Å². The van der Waals surface area contributed by atoms with Gasteiger partial charge in [0.2, 0.25) is 0 Å². The highest BCUT2D eigenvalue weighted by Crippen LogP contribution is 2.24. The molecule has 0 N–H and O–H groups in total. The summed E-state index contributed by atoms with van der Waals surface area (Å²) >= 11 is 0. The van der Waals surface area contributed by atoms with E-state index in [2.05, 4.69) is 11.1 Å². The van der Waals surface area contributed by atoms with Gasteiger partial charge in [0, 0.05) is 17.3 Å². The summed E-state index contributed by atoms with van der Waals surface area (Å²) in [4.78, 5) is 16.4. The quantitative estimate of drug-likeness (QED) is 0.790. The van der Waals surface area contributed by atoms with Crippen LogP contribution in [0.5, 0.6) is 5.75 Å². The number of nitrogens with zero attached hydrogens (tertiary/aromatic N) is 1. The molecule has 0 aliphatic heterocycles. The van der Waals surface area contributed by atoms with E-state index < -0.39 is 0 Å². The average molecular weight is 253 g/mol. The lowest BCUT2D eigenvalue weighted by Crippen LogP contribution is -2.03. The Bertz CT molecular complexity index is 634. The number of carbonyl (C=O) groups is 1. The van der Waals surface area contributed by atoms with E-state index in [1.54, 1.807) is 25.6 Å². The summed E-state index contributed by atoms with van der Waals surface area (Å²) < 4.78 is 5.10. The second-order valence-electron chi connectivity index (χ2n) is 4.78. The highest BCUT2D eigenvalue weighted by molar-refractivity contribution is 6.09. The molecule has 0 atom stereocenters. The third-order valence-corrected chi connectivity index (χ3v) is 3.57. The van der Waals surface area contributed by atoms with Gasteiger partial charge in [-0.25, -0.2) is 0 Å². The molecule has 0 spiro atoms. The first-order valence-electron chi connectivity index (χ1n) is 6.43. The van der Waals surface area contributed by atoms with E-state index in [1.807, 2.05) is 12.1 Å². The van der Waals surface area contributed by atoms with Crippen LogP contribution in [0.3, 0.4) is 0 Å². The van der Waals surface area contributed by atoms with Crippen molar-refractivity contribution < 1.29 is 9.53 Å². The highest BCUT2D eigenvalue weighted by Gasteiger charge is 2.15. The monoisotopic (exact) mass is 253 g/mol. The van der Waals surface area contributed by atoms with Gasteiger partial charge in [-0.3, -0.25) is 9.78 Å². The minimum absolute atomic E-state index is 0.00102. The molecule has 96 valence electrons. The van der Waals surface area contributed by atoms with Crippen LogP contribution in [-0.2, 0) is 12.8 Å². The van der Waals surface area contributed by atoms with E-state index in [0.717, 1.165) is 18.4 Å². The van der Waals surface area contributed by atoms with Gasteiger partial charge in [0.25, 0.3) is 0 Å². The van der Waals surface area contributed by atoms with Gasteiger partial charge in [0.1, 0.15) is 5.75 Å². The molecule has 0 saturated heterocycles. The molecule has 0 amide bonds. The van der Waals surface area contributed by atoms with Crippen molar-refractivity contribution in [1.29, 1.82) is 0 Å². The van der Waals surface area contributed by atoms with Crippen LogP contribution in [0.25, 0.3) is 0 Å².